The molecule has 0 amide bonds. The molecule has 166 valence electrons. The van der Waals surface area contributed by atoms with Gasteiger partial charge in [-0.3, -0.25) is 18.4 Å². The van der Waals surface area contributed by atoms with Crippen molar-refractivity contribution < 1.29 is 43.4 Å². The number of hydrogen-bond acceptors (Lipinski definition) is 12. The fourth-order valence-electron chi connectivity index (χ4n) is 2.83. The van der Waals surface area contributed by atoms with E-state index in [1.807, 2.05) is 0 Å². The zero-order valence-electron chi connectivity index (χ0n) is 15.4. The molecule has 3 rings (SSSR count). The molecule has 16 heteroatoms. The van der Waals surface area contributed by atoms with Crippen LogP contribution in [0.15, 0.2) is 12.7 Å². The quantitative estimate of drug-likeness (QED) is 0.227. The minimum absolute atomic E-state index is 0.117. The first kappa shape index (κ1) is 22.5. The Labute approximate surface area is 168 Å². The van der Waals surface area contributed by atoms with Crippen LogP contribution in [-0.2, 0) is 23.1 Å². The van der Waals surface area contributed by atoms with Crippen LogP contribution in [-0.4, -0.2) is 83.3 Å². The summed E-state index contributed by atoms with van der Waals surface area (Å²) in [5, 5.41) is 29.2. The van der Waals surface area contributed by atoms with Crippen molar-refractivity contribution in [2.75, 3.05) is 18.9 Å². The van der Waals surface area contributed by atoms with Gasteiger partial charge in [0.2, 0.25) is 0 Å². The van der Waals surface area contributed by atoms with Crippen LogP contribution in [0.4, 0.5) is 5.82 Å². The number of aromatic nitrogens is 4. The van der Waals surface area contributed by atoms with Crippen LogP contribution in [0.25, 0.3) is 11.2 Å². The Balaban J connectivity index is 1.62. The Hall–Kier alpha value is -2.23. The van der Waals surface area contributed by atoms with E-state index < -0.39 is 64.0 Å². The monoisotopic (exact) mass is 448 g/mol. The van der Waals surface area contributed by atoms with Crippen LogP contribution < -0.4 is 11.5 Å². The number of aliphatic hydroxyl groups is 2. The van der Waals surface area contributed by atoms with Gasteiger partial charge in [0.05, 0.1) is 26.0 Å². The fraction of sp³-hybridized carbons (Fsp3) is 0.571. The molecule has 0 aliphatic carbocycles. The van der Waals surface area contributed by atoms with Gasteiger partial charge in [-0.25, -0.2) is 19.5 Å². The number of nitrogens with zero attached hydrogens (tertiary/aromatic N) is 4. The number of aliphatic carboxylic acids is 1. The molecule has 8 N–H and O–H groups in total. The molecular weight excluding hydrogens is 427 g/mol. The molecule has 2 aromatic rings. The first-order valence-corrected chi connectivity index (χ1v) is 10.1. The SMILES string of the molecule is Nc1ncnc2c1ncn2[C@@H]1O[C@H](COP(=O)(O)OC[C@@H](N)CC(=O)O)[C@@H](O)[C@H]1O. The molecule has 3 heterocycles. The number of carbonyl (C=O) groups is 1. The molecule has 0 bridgehead atoms. The third-order valence-electron chi connectivity index (χ3n) is 4.29. The van der Waals surface area contributed by atoms with Crippen molar-refractivity contribution in [3.05, 3.63) is 12.7 Å². The maximum absolute atomic E-state index is 11.9. The number of carboxylic acids is 1. The number of phosphoric ester groups is 1. The highest BCUT2D eigenvalue weighted by atomic mass is 31.2. The number of nitrogen functional groups attached to an aromatic ring is 1. The van der Waals surface area contributed by atoms with E-state index in [9.17, 15) is 24.5 Å². The predicted molar refractivity (Wildman–Crippen MR) is 97.6 cm³/mol. The smallest absolute Gasteiger partial charge is 0.472 e. The standard InChI is InChI=1S/C14H21N6O9P/c15-6(1-8(21)22)2-27-30(25,26)28-3-7-10(23)11(24)14(29-7)20-5-19-9-12(16)17-4-18-13(9)20/h4-7,10-11,14,23-24H,1-3,15H2,(H,21,22)(H,25,26)(H2,16,17,18)/t6-,7+,10+,11+,14+/m0/s1. The summed E-state index contributed by atoms with van der Waals surface area (Å²) >= 11 is 0. The topological polar surface area (TPSA) is 238 Å². The number of ether oxygens (including phenoxy) is 1. The summed E-state index contributed by atoms with van der Waals surface area (Å²) in [6.07, 6.45) is -3.21. The first-order chi connectivity index (χ1) is 14.1. The summed E-state index contributed by atoms with van der Waals surface area (Å²) in [7, 11) is -4.62. The lowest BCUT2D eigenvalue weighted by molar-refractivity contribution is -0.137. The van der Waals surface area contributed by atoms with Crippen molar-refractivity contribution in [3.8, 4) is 0 Å². The Bertz CT molecular complexity index is 957. The molecule has 1 fully saturated rings. The summed E-state index contributed by atoms with van der Waals surface area (Å²) in [6.45, 7) is -1.15. The molecule has 6 atom stereocenters. The second-order valence-corrected chi connectivity index (χ2v) is 8.00. The largest absolute Gasteiger partial charge is 0.481 e. The van der Waals surface area contributed by atoms with Gasteiger partial charge in [-0.1, -0.05) is 0 Å². The second-order valence-electron chi connectivity index (χ2n) is 6.55. The second kappa shape index (κ2) is 8.87. The van der Waals surface area contributed by atoms with Gasteiger partial charge in [0.15, 0.2) is 17.7 Å². The van der Waals surface area contributed by atoms with Gasteiger partial charge < -0.3 is 36.4 Å². The average molecular weight is 448 g/mol. The Kier molecular flexibility index (Phi) is 6.64. The summed E-state index contributed by atoms with van der Waals surface area (Å²) < 4.78 is 28.2. The summed E-state index contributed by atoms with van der Waals surface area (Å²) in [4.78, 5) is 32.1. The van der Waals surface area contributed by atoms with Crippen molar-refractivity contribution in [1.29, 1.82) is 0 Å². The maximum Gasteiger partial charge on any atom is 0.472 e. The third kappa shape index (κ3) is 4.91. The third-order valence-corrected chi connectivity index (χ3v) is 5.24. The number of phosphoric acid groups is 1. The first-order valence-electron chi connectivity index (χ1n) is 8.63. The van der Waals surface area contributed by atoms with E-state index in [4.69, 9.17) is 25.8 Å². The highest BCUT2D eigenvalue weighted by molar-refractivity contribution is 7.47. The van der Waals surface area contributed by atoms with Crippen LogP contribution in [0.2, 0.25) is 0 Å². The van der Waals surface area contributed by atoms with E-state index in [1.54, 1.807) is 0 Å². The van der Waals surface area contributed by atoms with Crippen molar-refractivity contribution in [3.63, 3.8) is 0 Å². The van der Waals surface area contributed by atoms with E-state index in [-0.39, 0.29) is 17.0 Å². The van der Waals surface area contributed by atoms with Crippen molar-refractivity contribution in [2.24, 2.45) is 5.73 Å². The lowest BCUT2D eigenvalue weighted by Crippen LogP contribution is -2.34. The molecule has 2 aromatic heterocycles. The van der Waals surface area contributed by atoms with Crippen molar-refractivity contribution >= 4 is 30.8 Å². The van der Waals surface area contributed by atoms with Gasteiger partial charge in [0, 0.05) is 6.04 Å². The van der Waals surface area contributed by atoms with E-state index in [1.165, 1.54) is 17.2 Å². The molecule has 0 saturated carbocycles. The molecule has 15 nitrogen and oxygen atoms in total. The molecular formula is C14H21N6O9P. The molecule has 1 aliphatic heterocycles. The van der Waals surface area contributed by atoms with Gasteiger partial charge in [-0.15, -0.1) is 0 Å². The Morgan fingerprint density at radius 3 is 2.73 bits per heavy atom. The van der Waals surface area contributed by atoms with Gasteiger partial charge in [-0.05, 0) is 0 Å². The van der Waals surface area contributed by atoms with Gasteiger partial charge in [0.1, 0.15) is 30.2 Å². The summed E-state index contributed by atoms with van der Waals surface area (Å²) in [6, 6.07) is -1.02. The number of carboxylic acid groups (broad SMARTS) is 1. The molecule has 1 saturated heterocycles. The van der Waals surface area contributed by atoms with Crippen LogP contribution in [0, 0.1) is 0 Å². The molecule has 1 aliphatic rings. The van der Waals surface area contributed by atoms with Crippen LogP contribution in [0.3, 0.4) is 0 Å². The van der Waals surface area contributed by atoms with Crippen LogP contribution in [0.5, 0.6) is 0 Å². The minimum Gasteiger partial charge on any atom is -0.481 e. The molecule has 30 heavy (non-hydrogen) atoms. The highest BCUT2D eigenvalue weighted by Gasteiger charge is 2.45. The minimum atomic E-state index is -4.62. The number of nitrogens with two attached hydrogens (primary N) is 2. The zero-order valence-corrected chi connectivity index (χ0v) is 16.3. The lowest BCUT2D eigenvalue weighted by Gasteiger charge is -2.18. The van der Waals surface area contributed by atoms with E-state index in [0.29, 0.717) is 0 Å². The van der Waals surface area contributed by atoms with E-state index >= 15 is 0 Å². The van der Waals surface area contributed by atoms with E-state index in [0.717, 1.165) is 0 Å². The summed E-state index contributed by atoms with van der Waals surface area (Å²) in [5.74, 6) is -1.08. The fourth-order valence-corrected chi connectivity index (χ4v) is 3.62. The molecule has 0 aromatic carbocycles. The van der Waals surface area contributed by atoms with Crippen molar-refractivity contribution in [1.82, 2.24) is 19.5 Å². The number of anilines is 1. The van der Waals surface area contributed by atoms with Crippen molar-refractivity contribution in [2.45, 2.75) is 37.0 Å². The van der Waals surface area contributed by atoms with Crippen LogP contribution in [0.1, 0.15) is 12.6 Å². The maximum atomic E-state index is 11.9. The number of imidazole rings is 1. The molecule has 0 spiro atoms. The normalized spacial score (nSPS) is 27.2. The number of aliphatic hydroxyl groups excluding tert-OH is 2. The predicted octanol–water partition coefficient (Wildman–Crippen LogP) is -2.04. The Morgan fingerprint density at radius 2 is 2.03 bits per heavy atom. The number of rotatable bonds is 9. The number of hydrogen-bond donors (Lipinski definition) is 6. The number of fused-ring (bicyclic) bond motifs is 1. The Morgan fingerprint density at radius 1 is 1.30 bits per heavy atom. The lowest BCUT2D eigenvalue weighted by atomic mass is 10.1. The van der Waals surface area contributed by atoms with E-state index in [2.05, 4.69) is 19.5 Å². The van der Waals surface area contributed by atoms with Crippen LogP contribution >= 0.6 is 7.82 Å². The average Bonchev–Trinajstić information content (AvgIpc) is 3.21. The van der Waals surface area contributed by atoms with Gasteiger partial charge in [-0.2, -0.15) is 0 Å². The molecule has 1 unspecified atom stereocenters. The van der Waals surface area contributed by atoms with Gasteiger partial charge in [0.25, 0.3) is 0 Å². The summed E-state index contributed by atoms with van der Waals surface area (Å²) in [5.41, 5.74) is 11.7. The molecule has 0 radical (unpaired) electrons. The van der Waals surface area contributed by atoms with Gasteiger partial charge >= 0.3 is 13.8 Å². The zero-order chi connectivity index (χ0) is 22.1. The highest BCUT2D eigenvalue weighted by Crippen LogP contribution is 2.44.